The summed E-state index contributed by atoms with van der Waals surface area (Å²) in [6.45, 7) is 2.03. The molecule has 0 aliphatic carbocycles. The number of hydrogen-bond donors (Lipinski definition) is 1. The van der Waals surface area contributed by atoms with Crippen LogP contribution in [0, 0.1) is 11.3 Å². The summed E-state index contributed by atoms with van der Waals surface area (Å²) in [4.78, 5) is 12.8. The first-order valence-corrected chi connectivity index (χ1v) is 8.03. The lowest BCUT2D eigenvalue weighted by molar-refractivity contribution is 0.103. The third-order valence-electron chi connectivity index (χ3n) is 3.37. The van der Waals surface area contributed by atoms with Crippen molar-refractivity contribution in [2.24, 2.45) is 0 Å². The lowest BCUT2D eigenvalue weighted by atomic mass is 10.2. The molecule has 0 unspecified atom stereocenters. The van der Waals surface area contributed by atoms with Crippen LogP contribution >= 0.6 is 11.3 Å². The Bertz CT molecular complexity index is 857. The van der Waals surface area contributed by atoms with E-state index in [4.69, 9.17) is 5.26 Å². The molecule has 5 nitrogen and oxygen atoms in total. The van der Waals surface area contributed by atoms with Crippen molar-refractivity contribution in [2.45, 2.75) is 13.3 Å². The topological polar surface area (TPSA) is 70.7 Å². The van der Waals surface area contributed by atoms with Gasteiger partial charge in [-0.2, -0.15) is 5.26 Å². The van der Waals surface area contributed by atoms with E-state index in [0.29, 0.717) is 16.3 Å². The molecule has 3 aromatic rings. The van der Waals surface area contributed by atoms with Crippen LogP contribution in [-0.4, -0.2) is 15.7 Å². The molecular formula is C17H14N4OS. The second kappa shape index (κ2) is 6.46. The number of hydrogen-bond acceptors (Lipinski definition) is 4. The monoisotopic (exact) mass is 322 g/mol. The van der Waals surface area contributed by atoms with Crippen molar-refractivity contribution in [3.8, 4) is 11.8 Å². The van der Waals surface area contributed by atoms with Crippen LogP contribution in [0.1, 0.15) is 27.9 Å². The number of carbonyl (C=O) groups is 1. The van der Waals surface area contributed by atoms with Crippen molar-refractivity contribution >= 4 is 23.1 Å². The summed E-state index contributed by atoms with van der Waals surface area (Å²) < 4.78 is 1.78. The van der Waals surface area contributed by atoms with Crippen LogP contribution in [0.4, 0.5) is 5.82 Å². The fourth-order valence-electron chi connectivity index (χ4n) is 2.22. The third-order valence-corrected chi connectivity index (χ3v) is 4.24. The molecule has 0 radical (unpaired) electrons. The summed E-state index contributed by atoms with van der Waals surface area (Å²) >= 11 is 1.39. The maximum absolute atomic E-state index is 12.1. The third kappa shape index (κ3) is 3.15. The molecule has 0 aliphatic heterocycles. The predicted octanol–water partition coefficient (Wildman–Crippen LogP) is 3.62. The molecule has 6 heteroatoms. The van der Waals surface area contributed by atoms with Gasteiger partial charge in [0.2, 0.25) is 0 Å². The van der Waals surface area contributed by atoms with Crippen molar-refractivity contribution in [1.82, 2.24) is 9.78 Å². The SMILES string of the molecule is CCc1cc(NC(=O)c2cccs2)nn1-c1ccc(C#N)cc1. The van der Waals surface area contributed by atoms with Gasteiger partial charge >= 0.3 is 0 Å². The maximum atomic E-state index is 12.1. The van der Waals surface area contributed by atoms with Gasteiger partial charge in [-0.05, 0) is 42.1 Å². The van der Waals surface area contributed by atoms with Crippen LogP contribution in [0.3, 0.4) is 0 Å². The molecular weight excluding hydrogens is 308 g/mol. The number of aryl methyl sites for hydroxylation is 1. The van der Waals surface area contributed by atoms with Crippen LogP contribution in [0.5, 0.6) is 0 Å². The summed E-state index contributed by atoms with van der Waals surface area (Å²) in [5.41, 5.74) is 2.44. The highest BCUT2D eigenvalue weighted by Gasteiger charge is 2.12. The summed E-state index contributed by atoms with van der Waals surface area (Å²) in [7, 11) is 0. The van der Waals surface area contributed by atoms with Gasteiger partial charge in [0.25, 0.3) is 5.91 Å². The first-order valence-electron chi connectivity index (χ1n) is 7.15. The van der Waals surface area contributed by atoms with E-state index in [-0.39, 0.29) is 5.91 Å². The van der Waals surface area contributed by atoms with E-state index in [9.17, 15) is 4.79 Å². The zero-order chi connectivity index (χ0) is 16.2. The number of nitriles is 1. The predicted molar refractivity (Wildman–Crippen MR) is 89.9 cm³/mol. The Morgan fingerprint density at radius 2 is 2.13 bits per heavy atom. The Balaban J connectivity index is 1.88. The van der Waals surface area contributed by atoms with E-state index in [2.05, 4.69) is 16.5 Å². The largest absolute Gasteiger partial charge is 0.304 e. The summed E-state index contributed by atoms with van der Waals surface area (Å²) in [5.74, 6) is 0.358. The Kier molecular flexibility index (Phi) is 4.22. The number of aromatic nitrogens is 2. The average molecular weight is 322 g/mol. The first kappa shape index (κ1) is 15.0. The van der Waals surface area contributed by atoms with Crippen molar-refractivity contribution in [3.05, 3.63) is 64.0 Å². The fraction of sp³-hybridized carbons (Fsp3) is 0.118. The van der Waals surface area contributed by atoms with Gasteiger partial charge in [0.05, 0.1) is 22.2 Å². The number of rotatable bonds is 4. The van der Waals surface area contributed by atoms with Crippen molar-refractivity contribution in [3.63, 3.8) is 0 Å². The zero-order valence-corrected chi connectivity index (χ0v) is 13.3. The quantitative estimate of drug-likeness (QED) is 0.797. The molecule has 0 fully saturated rings. The highest BCUT2D eigenvalue weighted by atomic mass is 32.1. The molecule has 1 amide bonds. The minimum absolute atomic E-state index is 0.160. The molecule has 0 spiro atoms. The molecule has 114 valence electrons. The molecule has 3 rings (SSSR count). The van der Waals surface area contributed by atoms with Crippen LogP contribution < -0.4 is 5.32 Å². The zero-order valence-electron chi connectivity index (χ0n) is 12.5. The number of nitrogens with one attached hydrogen (secondary N) is 1. The Labute approximate surface area is 137 Å². The second-order valence-corrected chi connectivity index (χ2v) is 5.82. The first-order chi connectivity index (χ1) is 11.2. The van der Waals surface area contributed by atoms with Crippen molar-refractivity contribution in [1.29, 1.82) is 5.26 Å². The van der Waals surface area contributed by atoms with Gasteiger partial charge in [-0.3, -0.25) is 4.79 Å². The van der Waals surface area contributed by atoms with Crippen LogP contribution in [-0.2, 0) is 6.42 Å². The minimum Gasteiger partial charge on any atom is -0.304 e. The van der Waals surface area contributed by atoms with Gasteiger partial charge in [0.1, 0.15) is 0 Å². The Hall–Kier alpha value is -2.91. The number of thiophene rings is 1. The van der Waals surface area contributed by atoms with Gasteiger partial charge in [-0.15, -0.1) is 16.4 Å². The molecule has 0 saturated heterocycles. The van der Waals surface area contributed by atoms with Crippen LogP contribution in [0.25, 0.3) is 5.69 Å². The Morgan fingerprint density at radius 1 is 1.35 bits per heavy atom. The molecule has 1 aromatic carbocycles. The average Bonchev–Trinajstić information content (AvgIpc) is 3.24. The highest BCUT2D eigenvalue weighted by Crippen LogP contribution is 2.18. The summed E-state index contributed by atoms with van der Waals surface area (Å²) in [6, 6.07) is 14.8. The van der Waals surface area contributed by atoms with E-state index in [0.717, 1.165) is 17.8 Å². The molecule has 2 heterocycles. The standard InChI is InChI=1S/C17H14N4OS/c1-2-13-10-16(19-17(22)15-4-3-9-23-15)20-21(13)14-7-5-12(11-18)6-8-14/h3-10H,2H2,1H3,(H,19,20,22). The van der Waals surface area contributed by atoms with Crippen molar-refractivity contribution in [2.75, 3.05) is 5.32 Å². The number of anilines is 1. The summed E-state index contributed by atoms with van der Waals surface area (Å²) in [6.07, 6.45) is 0.780. The molecule has 0 bridgehead atoms. The van der Waals surface area contributed by atoms with Gasteiger partial charge in [-0.25, -0.2) is 4.68 Å². The van der Waals surface area contributed by atoms with Crippen LogP contribution in [0.2, 0.25) is 0 Å². The Morgan fingerprint density at radius 3 is 2.74 bits per heavy atom. The number of benzene rings is 1. The highest BCUT2D eigenvalue weighted by molar-refractivity contribution is 7.12. The minimum atomic E-state index is -0.160. The van der Waals surface area contributed by atoms with E-state index >= 15 is 0 Å². The van der Waals surface area contributed by atoms with Crippen LogP contribution in [0.15, 0.2) is 47.8 Å². The van der Waals surface area contributed by atoms with E-state index < -0.39 is 0 Å². The molecule has 2 aromatic heterocycles. The van der Waals surface area contributed by atoms with Gasteiger partial charge < -0.3 is 5.32 Å². The smallest absolute Gasteiger partial charge is 0.266 e. The van der Waals surface area contributed by atoms with Crippen molar-refractivity contribution < 1.29 is 4.79 Å². The van der Waals surface area contributed by atoms with E-state index in [1.807, 2.05) is 36.6 Å². The number of carbonyl (C=O) groups excluding carboxylic acids is 1. The number of amides is 1. The van der Waals surface area contributed by atoms with E-state index in [1.165, 1.54) is 11.3 Å². The fourth-order valence-corrected chi connectivity index (χ4v) is 2.84. The lowest BCUT2D eigenvalue weighted by Gasteiger charge is -2.05. The normalized spacial score (nSPS) is 10.3. The maximum Gasteiger partial charge on any atom is 0.266 e. The van der Waals surface area contributed by atoms with Gasteiger partial charge in [0.15, 0.2) is 5.82 Å². The second-order valence-electron chi connectivity index (χ2n) is 4.88. The van der Waals surface area contributed by atoms with Gasteiger partial charge in [-0.1, -0.05) is 13.0 Å². The molecule has 1 N–H and O–H groups in total. The molecule has 0 atom stereocenters. The number of nitrogens with zero attached hydrogens (tertiary/aromatic N) is 3. The molecule has 23 heavy (non-hydrogen) atoms. The lowest BCUT2D eigenvalue weighted by Crippen LogP contribution is -2.11. The molecule has 0 aliphatic rings. The van der Waals surface area contributed by atoms with Gasteiger partial charge in [0, 0.05) is 11.8 Å². The molecule has 0 saturated carbocycles. The van der Waals surface area contributed by atoms with E-state index in [1.54, 1.807) is 22.9 Å². The summed E-state index contributed by atoms with van der Waals surface area (Å²) in [5, 5.41) is 18.0.